The zero-order valence-electron chi connectivity index (χ0n) is 22.2. The van der Waals surface area contributed by atoms with Crippen LogP contribution in [0.25, 0.3) is 0 Å². The van der Waals surface area contributed by atoms with Crippen LogP contribution in [0.5, 0.6) is 0 Å². The van der Waals surface area contributed by atoms with Crippen LogP contribution in [0.2, 0.25) is 0 Å². The smallest absolute Gasteiger partial charge is 0.426 e. The van der Waals surface area contributed by atoms with E-state index in [9.17, 15) is 24.0 Å². The van der Waals surface area contributed by atoms with Crippen LogP contribution in [0, 0.1) is 0 Å². The first-order chi connectivity index (χ1) is 16.8. The number of nitrogens with one attached hydrogen (secondary N) is 3. The SMILES string of the molecule is CCOC(=O)CCOCC(C)(COCCC(=O)OCC)NC(=O)CCC(=O)NNC(=O)OC(C)(C)C. The molecule has 0 spiro atoms. The second-order valence-corrected chi connectivity index (χ2v) is 9.00. The van der Waals surface area contributed by atoms with Crippen LogP contribution in [0.15, 0.2) is 0 Å². The quantitative estimate of drug-likeness (QED) is 0.116. The van der Waals surface area contributed by atoms with Gasteiger partial charge in [-0.15, -0.1) is 0 Å². The number of ether oxygens (including phenoxy) is 5. The molecule has 3 N–H and O–H groups in total. The van der Waals surface area contributed by atoms with Gasteiger partial charge in [0.2, 0.25) is 11.8 Å². The van der Waals surface area contributed by atoms with Gasteiger partial charge in [-0.25, -0.2) is 10.2 Å². The Kier molecular flexibility index (Phi) is 16.1. The monoisotopic (exact) mass is 519 g/mol. The van der Waals surface area contributed by atoms with Crippen molar-refractivity contribution in [1.82, 2.24) is 16.2 Å². The first-order valence-corrected chi connectivity index (χ1v) is 11.9. The fourth-order valence-corrected chi connectivity index (χ4v) is 2.60. The van der Waals surface area contributed by atoms with Gasteiger partial charge in [0.15, 0.2) is 0 Å². The van der Waals surface area contributed by atoms with E-state index in [1.165, 1.54) is 0 Å². The van der Waals surface area contributed by atoms with E-state index in [-0.39, 0.29) is 65.3 Å². The summed E-state index contributed by atoms with van der Waals surface area (Å²) >= 11 is 0. The molecule has 0 heterocycles. The van der Waals surface area contributed by atoms with Crippen LogP contribution < -0.4 is 16.2 Å². The first kappa shape index (κ1) is 33.1. The summed E-state index contributed by atoms with van der Waals surface area (Å²) in [6, 6.07) is 0. The molecule has 0 atom stereocenters. The summed E-state index contributed by atoms with van der Waals surface area (Å²) in [5.41, 5.74) is 2.54. The van der Waals surface area contributed by atoms with E-state index in [2.05, 4.69) is 16.2 Å². The van der Waals surface area contributed by atoms with Crippen LogP contribution in [0.1, 0.15) is 67.2 Å². The van der Waals surface area contributed by atoms with Crippen molar-refractivity contribution >= 4 is 29.8 Å². The van der Waals surface area contributed by atoms with Crippen molar-refractivity contribution < 1.29 is 47.7 Å². The van der Waals surface area contributed by atoms with Gasteiger partial charge < -0.3 is 29.0 Å². The minimum Gasteiger partial charge on any atom is -0.466 e. The molecule has 3 amide bonds. The van der Waals surface area contributed by atoms with Crippen molar-refractivity contribution in [3.8, 4) is 0 Å². The number of hydrazine groups is 1. The molecule has 36 heavy (non-hydrogen) atoms. The van der Waals surface area contributed by atoms with E-state index in [1.807, 2.05) is 0 Å². The highest BCUT2D eigenvalue weighted by molar-refractivity contribution is 5.85. The summed E-state index contributed by atoms with van der Waals surface area (Å²) in [6.45, 7) is 10.8. The molecule has 0 aliphatic rings. The van der Waals surface area contributed by atoms with Crippen molar-refractivity contribution in [2.24, 2.45) is 0 Å². The highest BCUT2D eigenvalue weighted by Crippen LogP contribution is 2.09. The average Bonchev–Trinajstić information content (AvgIpc) is 2.76. The molecule has 0 aromatic carbocycles. The van der Waals surface area contributed by atoms with E-state index >= 15 is 0 Å². The number of carbonyl (C=O) groups excluding carboxylic acids is 5. The number of esters is 2. The molecule has 13 heteroatoms. The van der Waals surface area contributed by atoms with Crippen LogP contribution >= 0.6 is 0 Å². The Labute approximate surface area is 212 Å². The van der Waals surface area contributed by atoms with E-state index in [4.69, 9.17) is 23.7 Å². The molecule has 0 saturated carbocycles. The molecule has 0 unspecified atom stereocenters. The summed E-state index contributed by atoms with van der Waals surface area (Å²) in [5, 5.41) is 2.76. The van der Waals surface area contributed by atoms with E-state index in [1.54, 1.807) is 41.5 Å². The normalized spacial score (nSPS) is 11.3. The van der Waals surface area contributed by atoms with Crippen molar-refractivity contribution in [3.63, 3.8) is 0 Å². The highest BCUT2D eigenvalue weighted by Gasteiger charge is 2.28. The molecule has 0 aromatic heterocycles. The topological polar surface area (TPSA) is 168 Å². The number of carbonyl (C=O) groups is 5. The molecule has 0 aromatic rings. The molecule has 0 saturated heterocycles. The summed E-state index contributed by atoms with van der Waals surface area (Å²) < 4.78 is 25.8. The third kappa shape index (κ3) is 18.4. The Balaban J connectivity index is 4.69. The zero-order valence-corrected chi connectivity index (χ0v) is 22.2. The number of hydrogen-bond acceptors (Lipinski definition) is 10. The molecule has 0 fully saturated rings. The van der Waals surface area contributed by atoms with Crippen LogP contribution in [0.3, 0.4) is 0 Å². The van der Waals surface area contributed by atoms with Crippen LogP contribution in [-0.2, 0) is 42.9 Å². The molecule has 208 valence electrons. The summed E-state index contributed by atoms with van der Waals surface area (Å²) in [5.74, 6) is -1.86. The van der Waals surface area contributed by atoms with Gasteiger partial charge in [0.25, 0.3) is 0 Å². The Morgan fingerprint density at radius 1 is 0.667 bits per heavy atom. The third-order valence-electron chi connectivity index (χ3n) is 4.08. The molecule has 0 rings (SSSR count). The predicted molar refractivity (Wildman–Crippen MR) is 127 cm³/mol. The van der Waals surface area contributed by atoms with E-state index < -0.39 is 41.0 Å². The molecular formula is C23H41N3O10. The van der Waals surface area contributed by atoms with Gasteiger partial charge in [-0.3, -0.25) is 24.6 Å². The summed E-state index contributed by atoms with van der Waals surface area (Å²) in [6.07, 6.45) is -1.11. The number of hydrogen-bond donors (Lipinski definition) is 3. The lowest BCUT2D eigenvalue weighted by Gasteiger charge is -2.30. The third-order valence-corrected chi connectivity index (χ3v) is 4.08. The highest BCUT2D eigenvalue weighted by atomic mass is 16.6. The van der Waals surface area contributed by atoms with E-state index in [0.717, 1.165) is 0 Å². The maximum Gasteiger partial charge on any atom is 0.426 e. The van der Waals surface area contributed by atoms with Crippen LogP contribution in [-0.4, -0.2) is 80.6 Å². The molecular weight excluding hydrogens is 478 g/mol. The minimum absolute atomic E-state index is 0.00392. The summed E-state index contributed by atoms with van der Waals surface area (Å²) in [4.78, 5) is 58.9. The maximum absolute atomic E-state index is 12.5. The largest absolute Gasteiger partial charge is 0.466 e. The number of rotatable bonds is 16. The predicted octanol–water partition coefficient (Wildman–Crippen LogP) is 1.14. The second-order valence-electron chi connectivity index (χ2n) is 9.00. The first-order valence-electron chi connectivity index (χ1n) is 11.9. The zero-order chi connectivity index (χ0) is 27.6. The Morgan fingerprint density at radius 3 is 1.58 bits per heavy atom. The van der Waals surface area contributed by atoms with Crippen molar-refractivity contribution in [2.45, 2.75) is 78.4 Å². The van der Waals surface area contributed by atoms with E-state index in [0.29, 0.717) is 0 Å². The average molecular weight is 520 g/mol. The van der Waals surface area contributed by atoms with Gasteiger partial charge in [0, 0.05) is 12.8 Å². The molecule has 0 bridgehead atoms. The minimum atomic E-state index is -1.01. The summed E-state index contributed by atoms with van der Waals surface area (Å²) in [7, 11) is 0. The lowest BCUT2D eigenvalue weighted by molar-refractivity contribution is -0.145. The second kappa shape index (κ2) is 17.5. The fourth-order valence-electron chi connectivity index (χ4n) is 2.60. The lowest BCUT2D eigenvalue weighted by atomic mass is 10.0. The Morgan fingerprint density at radius 2 is 1.14 bits per heavy atom. The molecule has 0 radical (unpaired) electrons. The van der Waals surface area contributed by atoms with Crippen LogP contribution in [0.4, 0.5) is 4.79 Å². The van der Waals surface area contributed by atoms with Gasteiger partial charge in [-0.1, -0.05) is 0 Å². The molecule has 13 nitrogen and oxygen atoms in total. The van der Waals surface area contributed by atoms with Gasteiger partial charge in [0.1, 0.15) is 5.60 Å². The van der Waals surface area contributed by atoms with Crippen molar-refractivity contribution in [1.29, 1.82) is 0 Å². The Hall–Kier alpha value is -2.93. The molecule has 0 aliphatic heterocycles. The van der Waals surface area contributed by atoms with Gasteiger partial charge in [0.05, 0.1) is 58.0 Å². The lowest BCUT2D eigenvalue weighted by Crippen LogP contribution is -2.53. The molecule has 0 aliphatic carbocycles. The number of amides is 3. The van der Waals surface area contributed by atoms with Crippen molar-refractivity contribution in [2.75, 3.05) is 39.6 Å². The fraction of sp³-hybridized carbons (Fsp3) is 0.783. The van der Waals surface area contributed by atoms with Gasteiger partial charge in [-0.2, -0.15) is 0 Å². The maximum atomic E-state index is 12.5. The van der Waals surface area contributed by atoms with Gasteiger partial charge >= 0.3 is 18.0 Å². The van der Waals surface area contributed by atoms with Crippen molar-refractivity contribution in [3.05, 3.63) is 0 Å². The standard InChI is InChI=1S/C23H41N3O10/c1-7-34-19(29)11-13-32-15-23(6,16-33-14-12-20(30)35-8-2)24-17(27)9-10-18(28)25-26-21(31)36-22(3,4)5/h7-16H2,1-6H3,(H,24,27)(H,25,28)(H,26,31). The Bertz CT molecular complexity index is 695. The van der Waals surface area contributed by atoms with Gasteiger partial charge in [-0.05, 0) is 41.5 Å².